The summed E-state index contributed by atoms with van der Waals surface area (Å²) in [6.07, 6.45) is 60.4. The van der Waals surface area contributed by atoms with Gasteiger partial charge in [0.15, 0.2) is 6.29 Å². The van der Waals surface area contributed by atoms with Crippen LogP contribution in [0.2, 0.25) is 0 Å². The van der Waals surface area contributed by atoms with Crippen LogP contribution in [0.1, 0.15) is 239 Å². The number of unbranched alkanes of at least 4 members (excludes halogenated alkanes) is 27. The summed E-state index contributed by atoms with van der Waals surface area (Å²) < 4.78 is 11.2. The van der Waals surface area contributed by atoms with Gasteiger partial charge in [-0.25, -0.2) is 0 Å². The average Bonchev–Trinajstić information content (AvgIpc) is 3.34. The smallest absolute Gasteiger partial charge is 0.220 e. The highest BCUT2D eigenvalue weighted by molar-refractivity contribution is 5.76. The minimum absolute atomic E-state index is 0.181. The molecule has 1 fully saturated rings. The van der Waals surface area contributed by atoms with E-state index in [4.69, 9.17) is 9.47 Å². The molecule has 6 N–H and O–H groups in total. The molecule has 1 saturated heterocycles. The van der Waals surface area contributed by atoms with Crippen molar-refractivity contribution < 1.29 is 39.8 Å². The number of ether oxygens (including phenoxy) is 2. The van der Waals surface area contributed by atoms with Gasteiger partial charge >= 0.3 is 0 Å². The topological polar surface area (TPSA) is 149 Å². The van der Waals surface area contributed by atoms with Crippen molar-refractivity contribution in [3.8, 4) is 0 Å². The Labute approximate surface area is 417 Å². The molecule has 0 aliphatic carbocycles. The van der Waals surface area contributed by atoms with E-state index in [1.807, 2.05) is 6.08 Å². The maximum Gasteiger partial charge on any atom is 0.220 e. The number of allylic oxidation sites excluding steroid dienone is 11. The summed E-state index contributed by atoms with van der Waals surface area (Å²) in [5.41, 5.74) is 0. The molecule has 0 bridgehead atoms. The third-order valence-corrected chi connectivity index (χ3v) is 13.0. The van der Waals surface area contributed by atoms with Crippen molar-refractivity contribution >= 4 is 5.91 Å². The van der Waals surface area contributed by atoms with Crippen LogP contribution in [0.25, 0.3) is 0 Å². The number of carbonyl (C=O) groups is 1. The Balaban J connectivity index is 1.97. The number of amides is 1. The lowest BCUT2D eigenvalue weighted by Gasteiger charge is -2.40. The molecule has 9 heteroatoms. The minimum atomic E-state index is -1.56. The van der Waals surface area contributed by atoms with Crippen LogP contribution in [-0.2, 0) is 14.3 Å². The van der Waals surface area contributed by atoms with Crippen molar-refractivity contribution in [3.63, 3.8) is 0 Å². The lowest BCUT2D eigenvalue weighted by atomic mass is 9.99. The lowest BCUT2D eigenvalue weighted by molar-refractivity contribution is -0.302. The summed E-state index contributed by atoms with van der Waals surface area (Å²) in [6, 6.07) is -0.801. The van der Waals surface area contributed by atoms with Gasteiger partial charge in [-0.05, 0) is 64.2 Å². The second-order valence-electron chi connectivity index (χ2n) is 19.4. The van der Waals surface area contributed by atoms with Gasteiger partial charge < -0.3 is 40.3 Å². The number of carbonyl (C=O) groups excluding carboxylic acids is 1. The molecule has 1 aliphatic heterocycles. The number of hydrogen-bond acceptors (Lipinski definition) is 8. The molecular weight excluding hydrogens is 851 g/mol. The van der Waals surface area contributed by atoms with E-state index in [0.717, 1.165) is 77.0 Å². The molecule has 7 atom stereocenters. The number of aliphatic hydroxyl groups excluding tert-OH is 5. The summed E-state index contributed by atoms with van der Waals surface area (Å²) in [5.74, 6) is -0.181. The summed E-state index contributed by atoms with van der Waals surface area (Å²) in [5, 5.41) is 53.9. The van der Waals surface area contributed by atoms with Crippen molar-refractivity contribution in [2.24, 2.45) is 0 Å². The van der Waals surface area contributed by atoms with E-state index < -0.39 is 49.5 Å². The lowest BCUT2D eigenvalue weighted by Crippen LogP contribution is -2.60. The average molecular weight is 956 g/mol. The summed E-state index contributed by atoms with van der Waals surface area (Å²) in [4.78, 5) is 12.9. The number of hydrogen-bond donors (Lipinski definition) is 6. The second-order valence-corrected chi connectivity index (χ2v) is 19.4. The van der Waals surface area contributed by atoms with E-state index >= 15 is 0 Å². The Morgan fingerprint density at radius 1 is 0.515 bits per heavy atom. The van der Waals surface area contributed by atoms with Gasteiger partial charge in [0.1, 0.15) is 24.4 Å². The van der Waals surface area contributed by atoms with Gasteiger partial charge in [-0.1, -0.05) is 241 Å². The third-order valence-electron chi connectivity index (χ3n) is 13.0. The zero-order valence-corrected chi connectivity index (χ0v) is 43.6. The van der Waals surface area contributed by atoms with E-state index in [1.165, 1.54) is 141 Å². The van der Waals surface area contributed by atoms with Crippen LogP contribution in [0, 0.1) is 0 Å². The van der Waals surface area contributed by atoms with Crippen LogP contribution in [-0.4, -0.2) is 87.5 Å². The number of nitrogens with one attached hydrogen (secondary N) is 1. The van der Waals surface area contributed by atoms with Crippen molar-refractivity contribution in [1.29, 1.82) is 0 Å². The van der Waals surface area contributed by atoms with Gasteiger partial charge in [0.05, 0.1) is 25.4 Å². The van der Waals surface area contributed by atoms with E-state index in [1.54, 1.807) is 6.08 Å². The molecule has 0 radical (unpaired) electrons. The minimum Gasteiger partial charge on any atom is -0.394 e. The van der Waals surface area contributed by atoms with E-state index in [-0.39, 0.29) is 12.5 Å². The number of aliphatic hydroxyl groups is 5. The Hall–Kier alpha value is -2.37. The highest BCUT2D eigenvalue weighted by Gasteiger charge is 2.44. The first-order chi connectivity index (χ1) is 33.3. The maximum absolute atomic E-state index is 12.9. The van der Waals surface area contributed by atoms with Crippen LogP contribution in [0.5, 0.6) is 0 Å². The van der Waals surface area contributed by atoms with Crippen LogP contribution in [0.3, 0.4) is 0 Å². The van der Waals surface area contributed by atoms with Crippen LogP contribution in [0.15, 0.2) is 72.9 Å². The third kappa shape index (κ3) is 37.5. The zero-order chi connectivity index (χ0) is 49.4. The normalized spacial score (nSPS) is 20.1. The molecule has 1 heterocycles. The Morgan fingerprint density at radius 2 is 0.912 bits per heavy atom. The molecule has 0 aromatic heterocycles. The predicted molar refractivity (Wildman–Crippen MR) is 285 cm³/mol. The summed E-state index contributed by atoms with van der Waals surface area (Å²) >= 11 is 0. The van der Waals surface area contributed by atoms with Crippen molar-refractivity contribution in [3.05, 3.63) is 72.9 Å². The predicted octanol–water partition coefficient (Wildman–Crippen LogP) is 13.7. The first kappa shape index (κ1) is 63.6. The van der Waals surface area contributed by atoms with Crippen molar-refractivity contribution in [2.75, 3.05) is 13.2 Å². The van der Waals surface area contributed by atoms with Crippen LogP contribution >= 0.6 is 0 Å². The van der Waals surface area contributed by atoms with E-state index in [2.05, 4.69) is 79.9 Å². The molecule has 0 saturated carbocycles. The van der Waals surface area contributed by atoms with Gasteiger partial charge in [0, 0.05) is 6.42 Å². The number of rotatable bonds is 47. The van der Waals surface area contributed by atoms with E-state index in [9.17, 15) is 30.3 Å². The molecular formula is C59H105NO8. The fraction of sp³-hybridized carbons (Fsp3) is 0.780. The highest BCUT2D eigenvalue weighted by Crippen LogP contribution is 2.23. The second kappa shape index (κ2) is 48.3. The van der Waals surface area contributed by atoms with E-state index in [0.29, 0.717) is 6.42 Å². The molecule has 394 valence electrons. The van der Waals surface area contributed by atoms with Crippen LogP contribution < -0.4 is 5.32 Å². The van der Waals surface area contributed by atoms with Gasteiger partial charge in [-0.2, -0.15) is 0 Å². The van der Waals surface area contributed by atoms with Gasteiger partial charge in [0.2, 0.25) is 5.91 Å². The van der Waals surface area contributed by atoms with Gasteiger partial charge in [-0.15, -0.1) is 0 Å². The van der Waals surface area contributed by atoms with Gasteiger partial charge in [0.25, 0.3) is 0 Å². The molecule has 1 amide bonds. The molecule has 68 heavy (non-hydrogen) atoms. The Bertz CT molecular complexity index is 1290. The molecule has 0 aromatic rings. The van der Waals surface area contributed by atoms with Crippen molar-refractivity contribution in [2.45, 2.75) is 281 Å². The largest absolute Gasteiger partial charge is 0.394 e. The molecule has 1 rings (SSSR count). The molecule has 1 aliphatic rings. The SMILES string of the molecule is CC/C=C\C/C=C\C/C=C\C/C=C\C/C=C\CCCCCCCCCCCCCCCCCCCCCCCCCC(=O)NC(COC1OC(CO)C(O)C(O)C1O)C(O)/C=C/CCCCCC. The molecule has 0 spiro atoms. The Kier molecular flexibility index (Phi) is 45.2. The zero-order valence-electron chi connectivity index (χ0n) is 43.6. The first-order valence-electron chi connectivity index (χ1n) is 28.2. The standard InChI is InChI=1S/C59H105NO8/c1-3-5-7-9-11-12-13-14-15-16-17-18-19-20-21-22-23-24-25-26-27-28-29-30-31-32-33-34-35-36-37-38-39-40-41-42-43-45-47-49-55(63)60-52(53(62)48-46-44-10-8-6-4-2)51-67-59-58(66)57(65)56(64)54(50-61)68-59/h5,7,11-12,14-15,17-18,20-21,46,48,52-54,56-59,61-62,64-66H,3-4,6,8-10,13,16,19,22-45,47,49-51H2,1-2H3,(H,60,63)/b7-5-,12-11-,15-14-,18-17-,21-20-,48-46+. The molecule has 9 nitrogen and oxygen atoms in total. The summed E-state index contributed by atoms with van der Waals surface area (Å²) in [6.45, 7) is 3.58. The molecule has 7 unspecified atom stereocenters. The highest BCUT2D eigenvalue weighted by atomic mass is 16.7. The fourth-order valence-electron chi connectivity index (χ4n) is 8.60. The van der Waals surface area contributed by atoms with Gasteiger partial charge in [-0.3, -0.25) is 4.79 Å². The fourth-order valence-corrected chi connectivity index (χ4v) is 8.60. The molecule has 0 aromatic carbocycles. The monoisotopic (exact) mass is 956 g/mol. The van der Waals surface area contributed by atoms with Crippen molar-refractivity contribution in [1.82, 2.24) is 5.32 Å². The quantitative estimate of drug-likeness (QED) is 0.0261. The first-order valence-corrected chi connectivity index (χ1v) is 28.2. The summed E-state index contributed by atoms with van der Waals surface area (Å²) in [7, 11) is 0. The maximum atomic E-state index is 12.9. The Morgan fingerprint density at radius 3 is 1.35 bits per heavy atom. The van der Waals surface area contributed by atoms with Crippen LogP contribution in [0.4, 0.5) is 0 Å².